The number of nitrogens with one attached hydrogen (secondary N) is 2. The van der Waals surface area contributed by atoms with Gasteiger partial charge in [-0.25, -0.2) is 9.37 Å². The molecule has 0 atom stereocenters. The van der Waals surface area contributed by atoms with Gasteiger partial charge < -0.3 is 15.5 Å². The van der Waals surface area contributed by atoms with Crippen molar-refractivity contribution in [2.75, 3.05) is 28.6 Å². The molecule has 0 amide bonds. The van der Waals surface area contributed by atoms with Gasteiger partial charge in [0.15, 0.2) is 0 Å². The van der Waals surface area contributed by atoms with Gasteiger partial charge in [-0.1, -0.05) is 11.6 Å². The average molecular weight is 386 g/mol. The molecule has 0 saturated heterocycles. The number of rotatable bonds is 7. The second-order valence-corrected chi connectivity index (χ2v) is 6.27. The highest BCUT2D eigenvalue weighted by Crippen LogP contribution is 2.23. The molecule has 3 aromatic rings. The van der Waals surface area contributed by atoms with Crippen LogP contribution in [0.5, 0.6) is 0 Å². The maximum atomic E-state index is 13.3. The van der Waals surface area contributed by atoms with E-state index in [1.165, 1.54) is 17.8 Å². The standard InChI is InChI=1S/C20H21ClFN5/c1-3-27(4-2)16-8-5-14(6-9-16)25-20-23-12-11-19(26-20)24-15-7-10-18(22)17(21)13-15/h5-13H,3-4H2,1-2H3,(H2,23,24,25,26). The van der Waals surface area contributed by atoms with E-state index in [-0.39, 0.29) is 5.02 Å². The van der Waals surface area contributed by atoms with Gasteiger partial charge in [-0.15, -0.1) is 0 Å². The summed E-state index contributed by atoms with van der Waals surface area (Å²) in [5.41, 5.74) is 2.72. The van der Waals surface area contributed by atoms with E-state index in [4.69, 9.17) is 11.6 Å². The van der Waals surface area contributed by atoms with E-state index in [2.05, 4.69) is 51.5 Å². The Morgan fingerprint density at radius 2 is 1.67 bits per heavy atom. The first-order valence-electron chi connectivity index (χ1n) is 8.76. The first kappa shape index (κ1) is 18.9. The molecule has 0 aliphatic carbocycles. The molecule has 0 fully saturated rings. The van der Waals surface area contributed by atoms with Gasteiger partial charge in [0, 0.05) is 36.3 Å². The van der Waals surface area contributed by atoms with Gasteiger partial charge in [0.05, 0.1) is 5.02 Å². The van der Waals surface area contributed by atoms with Gasteiger partial charge in [-0.2, -0.15) is 4.98 Å². The molecule has 0 radical (unpaired) electrons. The fraction of sp³-hybridized carbons (Fsp3) is 0.200. The number of hydrogen-bond donors (Lipinski definition) is 2. The van der Waals surface area contributed by atoms with Crippen LogP contribution in [0, 0.1) is 5.82 Å². The lowest BCUT2D eigenvalue weighted by Gasteiger charge is -2.21. The van der Waals surface area contributed by atoms with Crippen LogP contribution in [0.4, 0.5) is 33.2 Å². The van der Waals surface area contributed by atoms with Crippen molar-refractivity contribution in [1.29, 1.82) is 0 Å². The summed E-state index contributed by atoms with van der Waals surface area (Å²) in [6.07, 6.45) is 1.65. The number of anilines is 5. The summed E-state index contributed by atoms with van der Waals surface area (Å²) in [5.74, 6) is 0.583. The molecule has 2 aromatic carbocycles. The molecular weight excluding hydrogens is 365 g/mol. The van der Waals surface area contributed by atoms with Crippen LogP contribution in [-0.2, 0) is 0 Å². The minimum Gasteiger partial charge on any atom is -0.372 e. The van der Waals surface area contributed by atoms with Crippen molar-refractivity contribution in [2.45, 2.75) is 13.8 Å². The molecule has 1 aromatic heterocycles. The zero-order valence-electron chi connectivity index (χ0n) is 15.2. The maximum absolute atomic E-state index is 13.3. The van der Waals surface area contributed by atoms with Crippen LogP contribution in [-0.4, -0.2) is 23.1 Å². The fourth-order valence-corrected chi connectivity index (χ4v) is 2.86. The number of halogens is 2. The van der Waals surface area contributed by atoms with Crippen LogP contribution in [0.25, 0.3) is 0 Å². The largest absolute Gasteiger partial charge is 0.372 e. The third-order valence-corrected chi connectivity index (χ3v) is 4.39. The van der Waals surface area contributed by atoms with Crippen molar-refractivity contribution < 1.29 is 4.39 Å². The molecule has 140 valence electrons. The predicted octanol–water partition coefficient (Wildman–Crippen LogP) is 5.60. The van der Waals surface area contributed by atoms with Gasteiger partial charge >= 0.3 is 0 Å². The summed E-state index contributed by atoms with van der Waals surface area (Å²) in [7, 11) is 0. The van der Waals surface area contributed by atoms with Gasteiger partial charge in [-0.3, -0.25) is 0 Å². The average Bonchev–Trinajstić information content (AvgIpc) is 2.67. The topological polar surface area (TPSA) is 53.1 Å². The number of nitrogens with zero attached hydrogens (tertiary/aromatic N) is 3. The normalized spacial score (nSPS) is 10.5. The summed E-state index contributed by atoms with van der Waals surface area (Å²) < 4.78 is 13.3. The van der Waals surface area contributed by atoms with E-state index in [0.29, 0.717) is 17.5 Å². The molecule has 0 saturated carbocycles. The molecule has 0 unspecified atom stereocenters. The summed E-state index contributed by atoms with van der Waals surface area (Å²) in [6, 6.07) is 14.3. The quantitative estimate of drug-likeness (QED) is 0.554. The molecule has 0 spiro atoms. The van der Waals surface area contributed by atoms with Crippen molar-refractivity contribution >= 4 is 40.4 Å². The van der Waals surface area contributed by atoms with Crippen LogP contribution in [0.3, 0.4) is 0 Å². The summed E-state index contributed by atoms with van der Waals surface area (Å²) in [4.78, 5) is 10.9. The van der Waals surface area contributed by atoms with Crippen molar-refractivity contribution in [1.82, 2.24) is 9.97 Å². The second kappa shape index (κ2) is 8.68. The molecule has 27 heavy (non-hydrogen) atoms. The Balaban J connectivity index is 1.71. The monoisotopic (exact) mass is 385 g/mol. The first-order chi connectivity index (χ1) is 13.1. The fourth-order valence-electron chi connectivity index (χ4n) is 2.68. The second-order valence-electron chi connectivity index (χ2n) is 5.86. The highest BCUT2D eigenvalue weighted by atomic mass is 35.5. The van der Waals surface area contributed by atoms with Crippen LogP contribution < -0.4 is 15.5 Å². The predicted molar refractivity (Wildman–Crippen MR) is 110 cm³/mol. The molecule has 0 aliphatic rings. The Morgan fingerprint density at radius 3 is 2.33 bits per heavy atom. The third-order valence-electron chi connectivity index (χ3n) is 4.10. The highest BCUT2D eigenvalue weighted by molar-refractivity contribution is 6.31. The Labute approximate surface area is 163 Å². The molecule has 0 bridgehead atoms. The van der Waals surface area contributed by atoms with Gasteiger partial charge in [-0.05, 0) is 62.4 Å². The van der Waals surface area contributed by atoms with Crippen molar-refractivity contribution in [2.24, 2.45) is 0 Å². The Hall–Kier alpha value is -2.86. The third kappa shape index (κ3) is 4.86. The molecule has 2 N–H and O–H groups in total. The minimum absolute atomic E-state index is 0.0562. The molecular formula is C20H21ClFN5. The Kier molecular flexibility index (Phi) is 6.08. The SMILES string of the molecule is CCN(CC)c1ccc(Nc2nccc(Nc3ccc(F)c(Cl)c3)n2)cc1. The van der Waals surface area contributed by atoms with Crippen LogP contribution in [0.1, 0.15) is 13.8 Å². The number of benzene rings is 2. The van der Waals surface area contributed by atoms with Crippen LogP contribution >= 0.6 is 11.6 Å². The Morgan fingerprint density at radius 1 is 0.963 bits per heavy atom. The first-order valence-corrected chi connectivity index (χ1v) is 9.14. The highest BCUT2D eigenvalue weighted by Gasteiger charge is 2.05. The molecule has 5 nitrogen and oxygen atoms in total. The molecule has 0 aliphatic heterocycles. The van der Waals surface area contributed by atoms with Gasteiger partial charge in [0.2, 0.25) is 5.95 Å². The summed E-state index contributed by atoms with van der Waals surface area (Å²) in [5, 5.41) is 6.33. The van der Waals surface area contributed by atoms with E-state index >= 15 is 0 Å². The van der Waals surface area contributed by atoms with E-state index in [0.717, 1.165) is 18.8 Å². The lowest BCUT2D eigenvalue weighted by molar-refractivity contribution is 0.628. The Bertz CT molecular complexity index is 897. The summed E-state index contributed by atoms with van der Waals surface area (Å²) in [6.45, 7) is 6.20. The van der Waals surface area contributed by atoms with Crippen LogP contribution in [0.2, 0.25) is 5.02 Å². The summed E-state index contributed by atoms with van der Waals surface area (Å²) >= 11 is 5.81. The zero-order chi connectivity index (χ0) is 19.2. The lowest BCUT2D eigenvalue weighted by Crippen LogP contribution is -2.21. The van der Waals surface area contributed by atoms with Gasteiger partial charge in [0.1, 0.15) is 11.6 Å². The van der Waals surface area contributed by atoms with E-state index in [1.54, 1.807) is 18.3 Å². The lowest BCUT2D eigenvalue weighted by atomic mass is 10.2. The van der Waals surface area contributed by atoms with Crippen molar-refractivity contribution in [3.8, 4) is 0 Å². The zero-order valence-corrected chi connectivity index (χ0v) is 16.0. The molecule has 3 rings (SSSR count). The number of aromatic nitrogens is 2. The molecule has 1 heterocycles. The molecule has 7 heteroatoms. The maximum Gasteiger partial charge on any atom is 0.229 e. The van der Waals surface area contributed by atoms with E-state index < -0.39 is 5.82 Å². The van der Waals surface area contributed by atoms with Crippen molar-refractivity contribution in [3.05, 3.63) is 65.6 Å². The van der Waals surface area contributed by atoms with E-state index in [9.17, 15) is 4.39 Å². The number of hydrogen-bond acceptors (Lipinski definition) is 5. The van der Waals surface area contributed by atoms with Crippen molar-refractivity contribution in [3.63, 3.8) is 0 Å². The van der Waals surface area contributed by atoms with E-state index in [1.807, 2.05) is 12.1 Å². The van der Waals surface area contributed by atoms with Gasteiger partial charge in [0.25, 0.3) is 0 Å². The van der Waals surface area contributed by atoms with Crippen LogP contribution in [0.15, 0.2) is 54.7 Å². The smallest absolute Gasteiger partial charge is 0.229 e. The minimum atomic E-state index is -0.458.